The topological polar surface area (TPSA) is 32.3 Å². The number of hydrogen-bond acceptors (Lipinski definition) is 4. The number of nitrogens with zero attached hydrogens (tertiary/aromatic N) is 4. The van der Waals surface area contributed by atoms with Gasteiger partial charge in [-0.15, -0.1) is 0 Å². The standard InChI is InChI=1S/C9H13N4.3C4H9.Sn/c1-12-5-7-13(8-6-12)9-10-3-2-4-11-9;3*1-3-4-2;/h2-3H,5-8H2,1H3;3*1,3-4H2,2H3;. The summed E-state index contributed by atoms with van der Waals surface area (Å²) in [5.41, 5.74) is 0. The van der Waals surface area contributed by atoms with Crippen LogP contribution in [0.3, 0.4) is 0 Å². The second-order valence-electron chi connectivity index (χ2n) is 8.12. The molecule has 1 aliphatic heterocycles. The number of piperazine rings is 1. The van der Waals surface area contributed by atoms with Crippen molar-refractivity contribution < 1.29 is 0 Å². The molecule has 0 amide bonds. The third-order valence-electron chi connectivity index (χ3n) is 6.00. The van der Waals surface area contributed by atoms with Crippen LogP contribution in [0, 0.1) is 0 Å². The van der Waals surface area contributed by atoms with E-state index in [-0.39, 0.29) is 0 Å². The van der Waals surface area contributed by atoms with Gasteiger partial charge in [-0.2, -0.15) is 0 Å². The van der Waals surface area contributed by atoms with Gasteiger partial charge in [-0.3, -0.25) is 0 Å². The van der Waals surface area contributed by atoms with Gasteiger partial charge in [0.2, 0.25) is 0 Å². The van der Waals surface area contributed by atoms with E-state index in [1.807, 2.05) is 0 Å². The average Bonchev–Trinajstić information content (AvgIpc) is 2.68. The van der Waals surface area contributed by atoms with Gasteiger partial charge in [0.15, 0.2) is 0 Å². The molecule has 0 radical (unpaired) electrons. The Balaban J connectivity index is 2.27. The first kappa shape index (κ1) is 21.9. The Labute approximate surface area is 165 Å². The van der Waals surface area contributed by atoms with E-state index in [1.165, 1.54) is 55.5 Å². The molecule has 1 saturated heterocycles. The molecule has 0 bridgehead atoms. The van der Waals surface area contributed by atoms with Crippen molar-refractivity contribution in [1.82, 2.24) is 14.9 Å². The van der Waals surface area contributed by atoms with Gasteiger partial charge < -0.3 is 0 Å². The molecular formula is C21H40N4Sn. The first-order chi connectivity index (χ1) is 12.6. The van der Waals surface area contributed by atoms with Crippen molar-refractivity contribution in [2.45, 2.75) is 72.6 Å². The van der Waals surface area contributed by atoms with E-state index in [4.69, 9.17) is 4.98 Å². The van der Waals surface area contributed by atoms with Crippen molar-refractivity contribution in [2.75, 3.05) is 38.1 Å². The predicted molar refractivity (Wildman–Crippen MR) is 116 cm³/mol. The molecule has 0 N–H and O–H groups in total. The Hall–Kier alpha value is -0.361. The molecule has 0 spiro atoms. The van der Waals surface area contributed by atoms with Gasteiger partial charge in [0.05, 0.1) is 0 Å². The minimum absolute atomic E-state index is 1.00. The van der Waals surface area contributed by atoms with Crippen LogP contribution >= 0.6 is 0 Å². The van der Waals surface area contributed by atoms with Crippen LogP contribution in [-0.2, 0) is 0 Å². The minimum atomic E-state index is -2.44. The number of hydrogen-bond donors (Lipinski definition) is 0. The van der Waals surface area contributed by atoms with Crippen LogP contribution in [-0.4, -0.2) is 66.5 Å². The Morgan fingerprint density at radius 2 is 1.42 bits per heavy atom. The summed E-state index contributed by atoms with van der Waals surface area (Å²) in [5.74, 6) is 1.00. The number of aromatic nitrogens is 2. The van der Waals surface area contributed by atoms with Crippen molar-refractivity contribution in [2.24, 2.45) is 0 Å². The van der Waals surface area contributed by atoms with Crippen molar-refractivity contribution in [3.05, 3.63) is 12.3 Å². The van der Waals surface area contributed by atoms with E-state index in [2.05, 4.69) is 54.9 Å². The zero-order valence-corrected chi connectivity index (χ0v) is 20.5. The zero-order chi connectivity index (χ0) is 18.8. The van der Waals surface area contributed by atoms with Crippen molar-refractivity contribution >= 4 is 28.0 Å². The molecule has 0 atom stereocenters. The summed E-state index contributed by atoms with van der Waals surface area (Å²) in [4.78, 5) is 14.7. The summed E-state index contributed by atoms with van der Waals surface area (Å²) in [7, 11) is 2.20. The molecule has 5 heteroatoms. The molecule has 148 valence electrons. The molecule has 26 heavy (non-hydrogen) atoms. The molecule has 1 aromatic rings. The molecule has 2 rings (SSSR count). The summed E-state index contributed by atoms with van der Waals surface area (Å²) in [5, 5.41) is 0. The van der Waals surface area contributed by atoms with E-state index in [0.717, 1.165) is 32.1 Å². The first-order valence-electron chi connectivity index (χ1n) is 10.9. The Morgan fingerprint density at radius 1 is 0.885 bits per heavy atom. The van der Waals surface area contributed by atoms with Gasteiger partial charge in [0, 0.05) is 0 Å². The fraction of sp³-hybridized carbons (Fsp3) is 0.810. The normalized spacial score (nSPS) is 16.2. The molecule has 0 unspecified atom stereocenters. The van der Waals surface area contributed by atoms with E-state index in [0.29, 0.717) is 0 Å². The summed E-state index contributed by atoms with van der Waals surface area (Å²) in [6.07, 6.45) is 10.2. The molecule has 4 nitrogen and oxygen atoms in total. The summed E-state index contributed by atoms with van der Waals surface area (Å²) in [6, 6.07) is 2.30. The van der Waals surface area contributed by atoms with Crippen LogP contribution in [0.15, 0.2) is 12.3 Å². The predicted octanol–water partition coefficient (Wildman–Crippen LogP) is 4.28. The quantitative estimate of drug-likeness (QED) is 0.455. The molecule has 1 fully saturated rings. The number of anilines is 1. The fourth-order valence-electron chi connectivity index (χ4n) is 4.11. The molecule has 1 aliphatic rings. The fourth-order valence-corrected chi connectivity index (χ4v) is 19.4. The second kappa shape index (κ2) is 11.5. The van der Waals surface area contributed by atoms with Crippen molar-refractivity contribution in [3.8, 4) is 0 Å². The molecule has 1 aromatic heterocycles. The number of unbranched alkanes of at least 4 members (excludes halogenated alkanes) is 3. The van der Waals surface area contributed by atoms with Crippen LogP contribution in [0.1, 0.15) is 59.3 Å². The maximum absolute atomic E-state index is 5.24. The Morgan fingerprint density at radius 3 is 1.92 bits per heavy atom. The zero-order valence-electron chi connectivity index (χ0n) is 17.6. The van der Waals surface area contributed by atoms with Gasteiger partial charge in [-0.05, 0) is 0 Å². The third-order valence-corrected chi connectivity index (χ3v) is 21.1. The van der Waals surface area contributed by atoms with Crippen LogP contribution < -0.4 is 8.61 Å². The van der Waals surface area contributed by atoms with E-state index in [1.54, 1.807) is 0 Å². The van der Waals surface area contributed by atoms with Crippen LogP contribution in [0.4, 0.5) is 5.95 Å². The van der Waals surface area contributed by atoms with Gasteiger partial charge in [-0.1, -0.05) is 0 Å². The molecule has 0 aromatic carbocycles. The second-order valence-corrected chi connectivity index (χ2v) is 21.2. The van der Waals surface area contributed by atoms with Gasteiger partial charge in [0.25, 0.3) is 0 Å². The molecule has 2 heterocycles. The monoisotopic (exact) mass is 468 g/mol. The van der Waals surface area contributed by atoms with E-state index >= 15 is 0 Å². The van der Waals surface area contributed by atoms with E-state index < -0.39 is 18.4 Å². The van der Waals surface area contributed by atoms with Gasteiger partial charge >= 0.3 is 166 Å². The maximum atomic E-state index is 5.24. The van der Waals surface area contributed by atoms with Gasteiger partial charge in [0.1, 0.15) is 0 Å². The summed E-state index contributed by atoms with van der Waals surface area (Å²) < 4.78 is 5.94. The molecule has 0 saturated carbocycles. The summed E-state index contributed by atoms with van der Waals surface area (Å²) >= 11 is -2.44. The molecular weight excluding hydrogens is 427 g/mol. The van der Waals surface area contributed by atoms with Crippen LogP contribution in [0.5, 0.6) is 0 Å². The van der Waals surface area contributed by atoms with Crippen molar-refractivity contribution in [3.63, 3.8) is 0 Å². The summed E-state index contributed by atoms with van der Waals surface area (Å²) in [6.45, 7) is 11.4. The first-order valence-corrected chi connectivity index (χ1v) is 18.4. The average molecular weight is 467 g/mol. The van der Waals surface area contributed by atoms with Crippen molar-refractivity contribution in [1.29, 1.82) is 0 Å². The number of rotatable bonds is 11. The number of likely N-dealkylation sites (N-methyl/N-ethyl adjacent to an activating group) is 1. The third kappa shape index (κ3) is 6.08. The SMILES string of the molecule is CCC[CH2][Sn]([CH2]CCC)([CH2]CCC)[c]1ccnc(N2CCN(C)CC2)n1. The van der Waals surface area contributed by atoms with Crippen LogP contribution in [0.25, 0.3) is 0 Å². The van der Waals surface area contributed by atoms with Crippen LogP contribution in [0.2, 0.25) is 13.3 Å². The van der Waals surface area contributed by atoms with Gasteiger partial charge in [-0.25, -0.2) is 0 Å². The molecule has 0 aliphatic carbocycles. The van der Waals surface area contributed by atoms with E-state index in [9.17, 15) is 0 Å². The Bertz CT molecular complexity index is 493. The Kier molecular flexibility index (Phi) is 9.68.